The van der Waals surface area contributed by atoms with Crippen LogP contribution in [0.2, 0.25) is 5.02 Å². The van der Waals surface area contributed by atoms with Crippen LogP contribution >= 0.6 is 11.6 Å². The monoisotopic (exact) mass is 415 g/mol. The van der Waals surface area contributed by atoms with Gasteiger partial charge in [0.25, 0.3) is 10.0 Å². The Morgan fingerprint density at radius 3 is 2.32 bits per heavy atom. The number of ketones is 1. The molecule has 0 unspecified atom stereocenters. The molecular weight excluding hydrogens is 400 g/mol. The van der Waals surface area contributed by atoms with Crippen LogP contribution in [0.5, 0.6) is 0 Å². The molecule has 0 amide bonds. The zero-order chi connectivity index (χ0) is 20.3. The summed E-state index contributed by atoms with van der Waals surface area (Å²) in [6.45, 7) is 0. The number of benzene rings is 3. The zero-order valence-electron chi connectivity index (χ0n) is 14.8. The van der Waals surface area contributed by atoms with Gasteiger partial charge in [-0.15, -0.1) is 0 Å². The predicted octanol–water partition coefficient (Wildman–Crippen LogP) is 4.31. The van der Waals surface area contributed by atoms with Gasteiger partial charge in [-0.1, -0.05) is 54.1 Å². The summed E-state index contributed by atoms with van der Waals surface area (Å²) in [6, 6.07) is 18.5. The van der Waals surface area contributed by atoms with Crippen LogP contribution < -0.4 is 9.79 Å². The fraction of sp³-hybridized carbons (Fsp3) is 0.0500. The largest absolute Gasteiger partial charge is 0.758 e. The fourth-order valence-electron chi connectivity index (χ4n) is 2.68. The maximum Gasteiger partial charge on any atom is 0.263 e. The van der Waals surface area contributed by atoms with Crippen molar-refractivity contribution < 1.29 is 13.2 Å². The van der Waals surface area contributed by atoms with Crippen LogP contribution in [0.25, 0.3) is 0 Å². The molecule has 0 aromatic heterocycles. The molecule has 0 saturated carbocycles. The van der Waals surface area contributed by atoms with Crippen molar-refractivity contribution in [1.29, 1.82) is 0 Å². The number of hydroxylamine groups is 1. The fourth-order valence-corrected chi connectivity index (χ4v) is 4.16. The summed E-state index contributed by atoms with van der Waals surface area (Å²) in [5, 5.41) is 12.5. The van der Waals surface area contributed by atoms with E-state index in [9.17, 15) is 18.4 Å². The Kier molecular flexibility index (Phi) is 5.69. The highest BCUT2D eigenvalue weighted by Gasteiger charge is 2.22. The Morgan fingerprint density at radius 2 is 1.64 bits per heavy atom. The summed E-state index contributed by atoms with van der Waals surface area (Å²) in [7, 11) is -2.92. The van der Waals surface area contributed by atoms with Crippen molar-refractivity contribution in [2.45, 2.75) is 4.90 Å². The van der Waals surface area contributed by atoms with Gasteiger partial charge in [0.1, 0.15) is 4.90 Å². The van der Waals surface area contributed by atoms with E-state index in [-0.39, 0.29) is 27.6 Å². The van der Waals surface area contributed by atoms with Gasteiger partial charge >= 0.3 is 0 Å². The molecule has 0 aliphatic heterocycles. The molecule has 0 saturated heterocycles. The normalized spacial score (nSPS) is 11.1. The lowest BCUT2D eigenvalue weighted by Gasteiger charge is -2.27. The molecule has 28 heavy (non-hydrogen) atoms. The molecule has 6 nitrogen and oxygen atoms in total. The minimum Gasteiger partial charge on any atom is -0.758 e. The number of nitrogens with one attached hydrogen (secondary N) is 1. The second-order valence-corrected chi connectivity index (χ2v) is 8.04. The third-order valence-electron chi connectivity index (χ3n) is 4.00. The lowest BCUT2D eigenvalue weighted by molar-refractivity contribution is 0.103. The lowest BCUT2D eigenvalue weighted by Crippen LogP contribution is -2.19. The number of rotatable bonds is 6. The van der Waals surface area contributed by atoms with Crippen molar-refractivity contribution in [2.24, 2.45) is 0 Å². The van der Waals surface area contributed by atoms with Crippen LogP contribution in [0.3, 0.4) is 0 Å². The molecule has 8 heteroatoms. The van der Waals surface area contributed by atoms with Gasteiger partial charge < -0.3 is 10.3 Å². The summed E-state index contributed by atoms with van der Waals surface area (Å²) < 4.78 is 28.2. The summed E-state index contributed by atoms with van der Waals surface area (Å²) in [6.07, 6.45) is 0. The highest BCUT2D eigenvalue weighted by Crippen LogP contribution is 2.29. The number of carbonyl (C=O) groups is 1. The molecule has 0 spiro atoms. The highest BCUT2D eigenvalue weighted by atomic mass is 35.5. The van der Waals surface area contributed by atoms with E-state index in [4.69, 9.17) is 11.6 Å². The molecule has 0 fully saturated rings. The Hall–Kier alpha value is -2.87. The van der Waals surface area contributed by atoms with E-state index in [1.54, 1.807) is 36.4 Å². The molecule has 3 aromatic rings. The zero-order valence-corrected chi connectivity index (χ0v) is 16.4. The quantitative estimate of drug-likeness (QED) is 0.478. The van der Waals surface area contributed by atoms with E-state index in [1.807, 2.05) is 0 Å². The van der Waals surface area contributed by atoms with Crippen molar-refractivity contribution >= 4 is 38.8 Å². The second kappa shape index (κ2) is 8.02. The first kappa shape index (κ1) is 19.9. The topological polar surface area (TPSA) is 89.5 Å². The van der Waals surface area contributed by atoms with Gasteiger partial charge in [-0.2, -0.15) is 0 Å². The number of halogens is 1. The molecule has 3 rings (SSSR count). The van der Waals surface area contributed by atoms with Crippen LogP contribution in [-0.4, -0.2) is 21.2 Å². The smallest absolute Gasteiger partial charge is 0.263 e. The molecule has 0 atom stereocenters. The summed E-state index contributed by atoms with van der Waals surface area (Å²) in [5.74, 6) is -0.380. The van der Waals surface area contributed by atoms with Crippen LogP contribution in [0, 0.1) is 5.21 Å². The van der Waals surface area contributed by atoms with Crippen LogP contribution in [0.15, 0.2) is 77.7 Å². The maximum atomic E-state index is 12.9. The van der Waals surface area contributed by atoms with E-state index >= 15 is 0 Å². The van der Waals surface area contributed by atoms with E-state index in [0.717, 1.165) is 0 Å². The molecular formula is C20H16ClN2O4S-. The Labute approximate surface area is 168 Å². The predicted molar refractivity (Wildman–Crippen MR) is 110 cm³/mol. The number of sulfonamides is 1. The van der Waals surface area contributed by atoms with Gasteiger partial charge in [-0.3, -0.25) is 9.52 Å². The number of hydrogen-bond acceptors (Lipinski definition) is 5. The SMILES string of the molecule is CN([O-])c1ccccc1S(=O)(=O)Nc1ccc(Cl)cc1C(=O)c1ccccc1. The molecule has 0 aliphatic carbocycles. The number of anilines is 2. The summed E-state index contributed by atoms with van der Waals surface area (Å²) in [5.41, 5.74) is 0.557. The summed E-state index contributed by atoms with van der Waals surface area (Å²) in [4.78, 5) is 12.7. The summed E-state index contributed by atoms with van der Waals surface area (Å²) >= 11 is 6.03. The van der Waals surface area contributed by atoms with Crippen LogP contribution in [-0.2, 0) is 10.0 Å². The van der Waals surface area contributed by atoms with Gasteiger partial charge in [-0.05, 0) is 37.4 Å². The van der Waals surface area contributed by atoms with Crippen molar-refractivity contribution in [3.8, 4) is 0 Å². The molecule has 0 heterocycles. The maximum absolute atomic E-state index is 12.9. The average molecular weight is 416 g/mol. The van der Waals surface area contributed by atoms with E-state index in [2.05, 4.69) is 4.72 Å². The van der Waals surface area contributed by atoms with Crippen LogP contribution in [0.4, 0.5) is 11.4 Å². The number of carbonyl (C=O) groups excluding carboxylic acids is 1. The highest BCUT2D eigenvalue weighted by molar-refractivity contribution is 7.92. The van der Waals surface area contributed by atoms with E-state index in [0.29, 0.717) is 15.6 Å². The van der Waals surface area contributed by atoms with Crippen molar-refractivity contribution in [1.82, 2.24) is 0 Å². The van der Waals surface area contributed by atoms with Gasteiger partial charge in [0.15, 0.2) is 5.78 Å². The van der Waals surface area contributed by atoms with Gasteiger partial charge in [0.05, 0.1) is 5.69 Å². The van der Waals surface area contributed by atoms with Gasteiger partial charge in [-0.25, -0.2) is 8.42 Å². The third-order valence-corrected chi connectivity index (χ3v) is 5.65. The molecule has 3 aromatic carbocycles. The number of hydrogen-bond donors (Lipinski definition) is 1. The second-order valence-electron chi connectivity index (χ2n) is 5.96. The molecule has 0 aliphatic rings. The molecule has 0 radical (unpaired) electrons. The van der Waals surface area contributed by atoms with E-state index in [1.165, 1.54) is 43.4 Å². The molecule has 0 bridgehead atoms. The van der Waals surface area contributed by atoms with Crippen LogP contribution in [0.1, 0.15) is 15.9 Å². The van der Waals surface area contributed by atoms with E-state index < -0.39 is 10.0 Å². The Bertz CT molecular complexity index is 1120. The van der Waals surface area contributed by atoms with Gasteiger partial charge in [0.2, 0.25) is 0 Å². The average Bonchev–Trinajstić information content (AvgIpc) is 2.69. The Morgan fingerprint density at radius 1 is 1.00 bits per heavy atom. The number of nitrogens with zero attached hydrogens (tertiary/aromatic N) is 1. The Balaban J connectivity index is 2.05. The molecule has 1 N–H and O–H groups in total. The minimum absolute atomic E-state index is 0.0140. The first-order valence-corrected chi connectivity index (χ1v) is 10.1. The molecule has 144 valence electrons. The van der Waals surface area contributed by atoms with Gasteiger partial charge in [0, 0.05) is 21.8 Å². The lowest BCUT2D eigenvalue weighted by atomic mass is 10.0. The van der Waals surface area contributed by atoms with Crippen molar-refractivity contribution in [2.75, 3.05) is 16.8 Å². The minimum atomic E-state index is -4.13. The number of para-hydroxylation sites is 1. The first-order valence-electron chi connectivity index (χ1n) is 8.21. The first-order chi connectivity index (χ1) is 13.3. The van der Waals surface area contributed by atoms with Crippen molar-refractivity contribution in [3.63, 3.8) is 0 Å². The standard InChI is InChI=1S/C20H16ClN2O4S/c1-23(25)18-9-5-6-10-19(18)28(26,27)22-17-12-11-15(21)13-16(17)20(24)14-7-3-2-4-8-14/h2-13,22H,1H3/q-1. The third kappa shape index (κ3) is 4.17. The van der Waals surface area contributed by atoms with Crippen molar-refractivity contribution in [3.05, 3.63) is 94.2 Å².